The van der Waals surface area contributed by atoms with Crippen molar-refractivity contribution < 1.29 is 8.42 Å². The fourth-order valence-electron chi connectivity index (χ4n) is 1.57. The van der Waals surface area contributed by atoms with E-state index in [1.165, 1.54) is 0 Å². The molecule has 0 radical (unpaired) electrons. The second-order valence-corrected chi connectivity index (χ2v) is 5.78. The molecule has 0 unspecified atom stereocenters. The van der Waals surface area contributed by atoms with Gasteiger partial charge in [-0.1, -0.05) is 0 Å². The lowest BCUT2D eigenvalue weighted by Gasteiger charge is -2.06. The van der Waals surface area contributed by atoms with E-state index in [0.29, 0.717) is 13.0 Å². The number of nitrogens with one attached hydrogen (secondary N) is 3. The predicted molar refractivity (Wildman–Crippen MR) is 71.8 cm³/mol. The molecule has 0 amide bonds. The van der Waals surface area contributed by atoms with Crippen LogP contribution in [0.2, 0.25) is 0 Å². The number of nitrogens with zero attached hydrogens (tertiary/aromatic N) is 1. The van der Waals surface area contributed by atoms with Crippen LogP contribution in [0.4, 0.5) is 0 Å². The van der Waals surface area contributed by atoms with Gasteiger partial charge in [-0.15, -0.1) is 0 Å². The molecular formula is C10H13N5O4S. The zero-order valence-corrected chi connectivity index (χ0v) is 11.2. The Morgan fingerprint density at radius 3 is 2.75 bits per heavy atom. The third kappa shape index (κ3) is 2.92. The van der Waals surface area contributed by atoms with Crippen molar-refractivity contribution in [2.24, 2.45) is 5.73 Å². The second-order valence-electron chi connectivity index (χ2n) is 4.02. The van der Waals surface area contributed by atoms with Crippen LogP contribution in [-0.2, 0) is 10.0 Å². The van der Waals surface area contributed by atoms with E-state index in [4.69, 9.17) is 5.73 Å². The molecule has 2 rings (SSSR count). The van der Waals surface area contributed by atoms with Crippen LogP contribution < -0.4 is 21.7 Å². The third-order valence-corrected chi connectivity index (χ3v) is 3.98. The van der Waals surface area contributed by atoms with Crippen molar-refractivity contribution in [2.75, 3.05) is 13.1 Å². The van der Waals surface area contributed by atoms with Gasteiger partial charge in [-0.3, -0.25) is 14.8 Å². The van der Waals surface area contributed by atoms with E-state index < -0.39 is 21.3 Å². The van der Waals surface area contributed by atoms with Crippen LogP contribution in [0.15, 0.2) is 26.7 Å². The van der Waals surface area contributed by atoms with E-state index >= 15 is 0 Å². The van der Waals surface area contributed by atoms with E-state index in [1.807, 2.05) is 4.98 Å². The molecule has 0 atom stereocenters. The maximum Gasteiger partial charge on any atom is 0.327 e. The summed E-state index contributed by atoms with van der Waals surface area (Å²) in [6.07, 6.45) is 1.57. The summed E-state index contributed by atoms with van der Waals surface area (Å²) in [5.41, 5.74) is 3.91. The standard InChI is InChI=1S/C10H13N5O4S/c11-2-1-3-13-20(18,19)6-4-7-8(12-5-6)14-10(17)15-9(7)16/h4-5,13H,1-3,11H2,(H2,12,14,15,16,17). The minimum Gasteiger partial charge on any atom is -0.330 e. The predicted octanol–water partition coefficient (Wildman–Crippen LogP) is -1.76. The van der Waals surface area contributed by atoms with Gasteiger partial charge in [0.2, 0.25) is 10.0 Å². The minimum atomic E-state index is -3.76. The molecule has 0 spiro atoms. The summed E-state index contributed by atoms with van der Waals surface area (Å²) in [6, 6.07) is 1.15. The average molecular weight is 299 g/mol. The highest BCUT2D eigenvalue weighted by Gasteiger charge is 2.15. The Bertz CT molecular complexity index is 839. The number of hydrogen-bond acceptors (Lipinski definition) is 6. The number of nitrogens with two attached hydrogens (primary N) is 1. The Hall–Kier alpha value is -2.04. The van der Waals surface area contributed by atoms with Crippen LogP contribution in [0.1, 0.15) is 6.42 Å². The molecule has 0 saturated heterocycles. The highest BCUT2D eigenvalue weighted by atomic mass is 32.2. The molecule has 2 aromatic heterocycles. The van der Waals surface area contributed by atoms with Gasteiger partial charge in [0.1, 0.15) is 10.5 Å². The molecule has 9 nitrogen and oxygen atoms in total. The van der Waals surface area contributed by atoms with Crippen molar-refractivity contribution in [1.82, 2.24) is 19.7 Å². The molecule has 0 bridgehead atoms. The van der Waals surface area contributed by atoms with Crippen molar-refractivity contribution in [2.45, 2.75) is 11.3 Å². The quantitative estimate of drug-likeness (QED) is 0.480. The van der Waals surface area contributed by atoms with Crippen LogP contribution in [0.3, 0.4) is 0 Å². The van der Waals surface area contributed by atoms with E-state index in [2.05, 4.69) is 14.7 Å². The first-order chi connectivity index (χ1) is 9.44. The Labute approximate surface area is 113 Å². The fourth-order valence-corrected chi connectivity index (χ4v) is 2.61. The summed E-state index contributed by atoms with van der Waals surface area (Å²) in [5, 5.41) is -0.00806. The van der Waals surface area contributed by atoms with Crippen LogP contribution >= 0.6 is 0 Å². The van der Waals surface area contributed by atoms with E-state index in [0.717, 1.165) is 12.3 Å². The monoisotopic (exact) mass is 299 g/mol. The summed E-state index contributed by atoms with van der Waals surface area (Å²) in [5.74, 6) is 0. The molecule has 0 aliphatic carbocycles. The van der Waals surface area contributed by atoms with E-state index in [-0.39, 0.29) is 22.5 Å². The van der Waals surface area contributed by atoms with Gasteiger partial charge in [0, 0.05) is 12.7 Å². The van der Waals surface area contributed by atoms with Gasteiger partial charge in [-0.25, -0.2) is 22.9 Å². The number of fused-ring (bicyclic) bond motifs is 1. The SMILES string of the molecule is NCCCNS(=O)(=O)c1cnc2[nH]c(=O)[nH]c(=O)c2c1. The summed E-state index contributed by atoms with van der Waals surface area (Å²) in [6.45, 7) is 0.554. The van der Waals surface area contributed by atoms with Gasteiger partial charge in [-0.2, -0.15) is 0 Å². The molecule has 108 valence electrons. The Balaban J connectivity index is 2.46. The van der Waals surface area contributed by atoms with Crippen molar-refractivity contribution in [3.63, 3.8) is 0 Å². The normalized spacial score (nSPS) is 11.8. The van der Waals surface area contributed by atoms with Gasteiger partial charge in [-0.05, 0) is 19.0 Å². The summed E-state index contributed by atoms with van der Waals surface area (Å²) < 4.78 is 26.2. The molecule has 10 heteroatoms. The van der Waals surface area contributed by atoms with Crippen LogP contribution in [-0.4, -0.2) is 36.5 Å². The Morgan fingerprint density at radius 2 is 2.05 bits per heavy atom. The second kappa shape index (κ2) is 5.53. The number of aromatic nitrogens is 3. The number of sulfonamides is 1. The van der Waals surface area contributed by atoms with Gasteiger partial charge >= 0.3 is 5.69 Å². The first kappa shape index (κ1) is 14.4. The number of hydrogen-bond donors (Lipinski definition) is 4. The topological polar surface area (TPSA) is 151 Å². The smallest absolute Gasteiger partial charge is 0.327 e. The molecule has 0 fully saturated rings. The average Bonchev–Trinajstić information content (AvgIpc) is 2.38. The van der Waals surface area contributed by atoms with Crippen LogP contribution in [0, 0.1) is 0 Å². The summed E-state index contributed by atoms with van der Waals surface area (Å²) in [7, 11) is -3.76. The Morgan fingerprint density at radius 1 is 1.30 bits per heavy atom. The van der Waals surface area contributed by atoms with Gasteiger partial charge in [0.25, 0.3) is 5.56 Å². The van der Waals surface area contributed by atoms with Crippen molar-refractivity contribution >= 4 is 21.1 Å². The lowest BCUT2D eigenvalue weighted by atomic mass is 10.3. The van der Waals surface area contributed by atoms with Crippen LogP contribution in [0.5, 0.6) is 0 Å². The van der Waals surface area contributed by atoms with Gasteiger partial charge in [0.05, 0.1) is 5.39 Å². The maximum atomic E-state index is 12.0. The first-order valence-electron chi connectivity index (χ1n) is 5.76. The van der Waals surface area contributed by atoms with Crippen molar-refractivity contribution in [3.8, 4) is 0 Å². The summed E-state index contributed by atoms with van der Waals surface area (Å²) in [4.78, 5) is 30.6. The van der Waals surface area contributed by atoms with E-state index in [9.17, 15) is 18.0 Å². The molecular weight excluding hydrogens is 286 g/mol. The molecule has 20 heavy (non-hydrogen) atoms. The number of pyridine rings is 1. The lowest BCUT2D eigenvalue weighted by Crippen LogP contribution is -2.27. The first-order valence-corrected chi connectivity index (χ1v) is 7.24. The van der Waals surface area contributed by atoms with Crippen molar-refractivity contribution in [3.05, 3.63) is 33.1 Å². The van der Waals surface area contributed by atoms with Crippen LogP contribution in [0.25, 0.3) is 11.0 Å². The molecule has 2 heterocycles. The minimum absolute atomic E-state index is 0.00806. The number of aromatic amines is 2. The largest absolute Gasteiger partial charge is 0.330 e. The zero-order valence-electron chi connectivity index (χ0n) is 10.3. The molecule has 0 aromatic carbocycles. The molecule has 0 saturated carbocycles. The molecule has 0 aliphatic heterocycles. The molecule has 0 aliphatic rings. The number of rotatable bonds is 5. The van der Waals surface area contributed by atoms with Gasteiger partial charge in [0.15, 0.2) is 0 Å². The Kier molecular flexibility index (Phi) is 3.97. The fraction of sp³-hybridized carbons (Fsp3) is 0.300. The highest BCUT2D eigenvalue weighted by Crippen LogP contribution is 2.11. The molecule has 2 aromatic rings. The number of H-pyrrole nitrogens is 2. The maximum absolute atomic E-state index is 12.0. The van der Waals surface area contributed by atoms with E-state index in [1.54, 1.807) is 0 Å². The molecule has 5 N–H and O–H groups in total. The third-order valence-electron chi connectivity index (χ3n) is 2.55. The lowest BCUT2D eigenvalue weighted by molar-refractivity contribution is 0.579. The summed E-state index contributed by atoms with van der Waals surface area (Å²) >= 11 is 0. The van der Waals surface area contributed by atoms with Gasteiger partial charge < -0.3 is 5.73 Å². The zero-order chi connectivity index (χ0) is 14.8. The highest BCUT2D eigenvalue weighted by molar-refractivity contribution is 7.89. The van der Waals surface area contributed by atoms with Crippen molar-refractivity contribution in [1.29, 1.82) is 0 Å².